The topological polar surface area (TPSA) is 55.6 Å². The van der Waals surface area contributed by atoms with Crippen LogP contribution in [0.15, 0.2) is 53.6 Å². The summed E-state index contributed by atoms with van der Waals surface area (Å²) in [6, 6.07) is 15.3. The Morgan fingerprint density at radius 2 is 1.90 bits per heavy atom. The summed E-state index contributed by atoms with van der Waals surface area (Å²) in [5, 5.41) is 4.72. The molecule has 1 N–H and O–H groups in total. The molecule has 0 spiro atoms. The van der Waals surface area contributed by atoms with Crippen molar-refractivity contribution in [3.63, 3.8) is 0 Å². The minimum atomic E-state index is -0.331. The number of hydrogen-bond donors (Lipinski definition) is 1. The van der Waals surface area contributed by atoms with Crippen molar-refractivity contribution < 1.29 is 9.53 Å². The van der Waals surface area contributed by atoms with Crippen molar-refractivity contribution in [3.8, 4) is 11.4 Å². The Balaban J connectivity index is 1.69. The first-order chi connectivity index (χ1) is 14.4. The zero-order valence-corrected chi connectivity index (χ0v) is 18.5. The zero-order chi connectivity index (χ0) is 21.7. The van der Waals surface area contributed by atoms with Gasteiger partial charge >= 0.3 is 0 Å². The molecular formula is C24H26ClN3O2. The number of carbonyl (C=O) groups excluding carboxylic acids is 1. The molecule has 6 heteroatoms. The van der Waals surface area contributed by atoms with Crippen molar-refractivity contribution >= 4 is 23.7 Å². The Labute approximate surface area is 182 Å². The van der Waals surface area contributed by atoms with Gasteiger partial charge in [-0.3, -0.25) is 4.79 Å². The normalized spacial score (nSPS) is 11.1. The molecule has 1 amide bonds. The summed E-state index contributed by atoms with van der Waals surface area (Å²) in [5.41, 5.74) is 9.41. The van der Waals surface area contributed by atoms with E-state index < -0.39 is 0 Å². The smallest absolute Gasteiger partial charge is 0.277 e. The fourth-order valence-corrected chi connectivity index (χ4v) is 3.60. The van der Waals surface area contributed by atoms with Gasteiger partial charge < -0.3 is 9.30 Å². The summed E-state index contributed by atoms with van der Waals surface area (Å²) in [6.45, 7) is 8.31. The summed E-state index contributed by atoms with van der Waals surface area (Å²) in [7, 11) is 0. The second kappa shape index (κ2) is 9.63. The van der Waals surface area contributed by atoms with Crippen molar-refractivity contribution in [2.24, 2.45) is 5.10 Å². The lowest BCUT2D eigenvalue weighted by atomic mass is 10.1. The van der Waals surface area contributed by atoms with E-state index in [2.05, 4.69) is 67.1 Å². The number of rotatable bonds is 7. The number of hydrazone groups is 1. The van der Waals surface area contributed by atoms with Gasteiger partial charge in [-0.05, 0) is 68.7 Å². The number of nitrogens with one attached hydrogen (secondary N) is 1. The maximum Gasteiger partial charge on any atom is 0.277 e. The van der Waals surface area contributed by atoms with E-state index in [0.29, 0.717) is 10.8 Å². The van der Waals surface area contributed by atoms with Crippen LogP contribution in [0, 0.1) is 20.8 Å². The summed E-state index contributed by atoms with van der Waals surface area (Å²) < 4.78 is 7.67. The lowest BCUT2D eigenvalue weighted by Gasteiger charge is -2.17. The number of aromatic nitrogens is 1. The largest absolute Gasteiger partial charge is 0.484 e. The van der Waals surface area contributed by atoms with Crippen molar-refractivity contribution in [1.29, 1.82) is 0 Å². The Hall–Kier alpha value is -3.05. The van der Waals surface area contributed by atoms with Gasteiger partial charge in [0.1, 0.15) is 5.75 Å². The van der Waals surface area contributed by atoms with Gasteiger partial charge in [-0.25, -0.2) is 5.43 Å². The molecular weight excluding hydrogens is 398 g/mol. The molecule has 1 heterocycles. The van der Waals surface area contributed by atoms with Gasteiger partial charge in [0.25, 0.3) is 5.91 Å². The molecule has 1 aromatic heterocycles. The van der Waals surface area contributed by atoms with E-state index in [1.807, 2.05) is 0 Å². The first-order valence-corrected chi connectivity index (χ1v) is 10.3. The molecule has 5 nitrogen and oxygen atoms in total. The molecule has 0 saturated carbocycles. The molecule has 0 radical (unpaired) electrons. The molecule has 3 rings (SSSR count). The summed E-state index contributed by atoms with van der Waals surface area (Å²) in [4.78, 5) is 12.0. The Kier molecular flexibility index (Phi) is 6.95. The highest BCUT2D eigenvalue weighted by atomic mass is 35.5. The maximum atomic E-state index is 12.0. The number of para-hydroxylation sites is 1. The molecule has 0 saturated heterocycles. The van der Waals surface area contributed by atoms with Crippen LogP contribution in [0.4, 0.5) is 0 Å². The number of amides is 1. The summed E-state index contributed by atoms with van der Waals surface area (Å²) in [6.07, 6.45) is 2.63. The minimum Gasteiger partial charge on any atom is -0.484 e. The van der Waals surface area contributed by atoms with E-state index in [0.717, 1.165) is 23.4 Å². The van der Waals surface area contributed by atoms with Crippen molar-refractivity contribution in [2.45, 2.75) is 34.1 Å². The predicted molar refractivity (Wildman–Crippen MR) is 122 cm³/mol. The third-order valence-electron chi connectivity index (χ3n) is 4.97. The second-order valence-electron chi connectivity index (χ2n) is 7.13. The highest BCUT2D eigenvalue weighted by molar-refractivity contribution is 6.30. The highest BCUT2D eigenvalue weighted by Gasteiger charge is 2.14. The number of benzene rings is 2. The molecule has 3 aromatic rings. The minimum absolute atomic E-state index is 0.124. The van der Waals surface area contributed by atoms with Crippen LogP contribution >= 0.6 is 11.6 Å². The lowest BCUT2D eigenvalue weighted by Crippen LogP contribution is -2.24. The van der Waals surface area contributed by atoms with Crippen molar-refractivity contribution in [2.75, 3.05) is 6.61 Å². The van der Waals surface area contributed by atoms with Gasteiger partial charge in [-0.1, -0.05) is 36.7 Å². The summed E-state index contributed by atoms with van der Waals surface area (Å²) in [5.74, 6) is 0.245. The van der Waals surface area contributed by atoms with Crippen LogP contribution in [-0.4, -0.2) is 23.3 Å². The number of halogens is 1. The van der Waals surface area contributed by atoms with Gasteiger partial charge in [-0.15, -0.1) is 0 Å². The van der Waals surface area contributed by atoms with E-state index >= 15 is 0 Å². The van der Waals surface area contributed by atoms with Gasteiger partial charge in [0.2, 0.25) is 0 Å². The molecule has 0 unspecified atom stereocenters. The van der Waals surface area contributed by atoms with Gasteiger partial charge in [0.15, 0.2) is 6.61 Å². The molecule has 0 aliphatic rings. The number of aryl methyl sites for hydroxylation is 3. The fraction of sp³-hybridized carbons (Fsp3) is 0.250. The number of nitrogens with zero attached hydrogens (tertiary/aromatic N) is 2. The quantitative estimate of drug-likeness (QED) is 0.422. The first-order valence-electron chi connectivity index (χ1n) is 9.88. The zero-order valence-electron chi connectivity index (χ0n) is 17.7. The molecule has 0 atom stereocenters. The SMILES string of the molecule is CCc1cccc(C)c1-n1c(C)cc(/C=N\NC(=O)COc2ccc(Cl)cc2)c1C. The van der Waals surface area contributed by atoms with E-state index in [1.54, 1.807) is 30.5 Å². The standard InChI is InChI=1S/C24H26ClN3O2/c1-5-19-8-6-7-16(2)24(19)28-17(3)13-20(18(28)4)14-26-27-23(29)15-30-22-11-9-21(25)10-12-22/h6-14H,5,15H2,1-4H3,(H,27,29)/b26-14-. The third kappa shape index (κ3) is 4.92. The average molecular weight is 424 g/mol. The van der Waals surface area contributed by atoms with Crippen LogP contribution in [0.3, 0.4) is 0 Å². The van der Waals surface area contributed by atoms with Crippen LogP contribution in [0.5, 0.6) is 5.75 Å². The van der Waals surface area contributed by atoms with E-state index in [4.69, 9.17) is 16.3 Å². The molecule has 0 fully saturated rings. The number of hydrogen-bond acceptors (Lipinski definition) is 3. The van der Waals surface area contributed by atoms with Crippen LogP contribution in [0.1, 0.15) is 35.0 Å². The Morgan fingerprint density at radius 3 is 2.60 bits per heavy atom. The van der Waals surface area contributed by atoms with Gasteiger partial charge in [0, 0.05) is 22.0 Å². The van der Waals surface area contributed by atoms with Crippen molar-refractivity contribution in [3.05, 3.63) is 81.6 Å². The number of carbonyl (C=O) groups is 1. The Morgan fingerprint density at radius 1 is 1.17 bits per heavy atom. The Bertz CT molecular complexity index is 1070. The highest BCUT2D eigenvalue weighted by Crippen LogP contribution is 2.26. The predicted octanol–water partition coefficient (Wildman–Crippen LogP) is 5.15. The second-order valence-corrected chi connectivity index (χ2v) is 7.57. The average Bonchev–Trinajstić information content (AvgIpc) is 3.00. The van der Waals surface area contributed by atoms with Gasteiger partial charge in [-0.2, -0.15) is 5.10 Å². The van der Waals surface area contributed by atoms with E-state index in [-0.39, 0.29) is 12.5 Å². The van der Waals surface area contributed by atoms with E-state index in [9.17, 15) is 4.79 Å². The molecule has 156 valence electrons. The fourth-order valence-electron chi connectivity index (χ4n) is 3.47. The third-order valence-corrected chi connectivity index (χ3v) is 5.22. The number of ether oxygens (including phenoxy) is 1. The molecule has 2 aromatic carbocycles. The van der Waals surface area contributed by atoms with Gasteiger partial charge in [0.05, 0.1) is 11.9 Å². The van der Waals surface area contributed by atoms with Crippen LogP contribution in [0.25, 0.3) is 5.69 Å². The lowest BCUT2D eigenvalue weighted by molar-refractivity contribution is -0.123. The van der Waals surface area contributed by atoms with Crippen LogP contribution in [0.2, 0.25) is 5.02 Å². The van der Waals surface area contributed by atoms with Crippen molar-refractivity contribution in [1.82, 2.24) is 9.99 Å². The molecule has 0 bridgehead atoms. The molecule has 0 aliphatic carbocycles. The van der Waals surface area contributed by atoms with E-state index in [1.165, 1.54) is 16.8 Å². The summed E-state index contributed by atoms with van der Waals surface area (Å²) >= 11 is 5.84. The maximum absolute atomic E-state index is 12.0. The molecule has 0 aliphatic heterocycles. The first kappa shape index (κ1) is 21.7. The molecule has 30 heavy (non-hydrogen) atoms. The monoisotopic (exact) mass is 423 g/mol. The van der Waals surface area contributed by atoms with Crippen LogP contribution < -0.4 is 10.2 Å². The van der Waals surface area contributed by atoms with Crippen LogP contribution in [-0.2, 0) is 11.2 Å².